The summed E-state index contributed by atoms with van der Waals surface area (Å²) < 4.78 is 16.6. The standard InChI is InChI=1S/C48H84O6/c1-4-7-10-13-16-19-21-23-25-26-29-32-35-38-41-47(50)53-44-45(43-52-46(49)40-37-34-31-28-18-15-12-9-6-3)54-48(51)42-39-36-33-30-27-24-22-20-17-14-11-8-5-2/h9,12,18,25-26,28,34,37,45H,4-8,10-11,13-17,19-24,27,29-33,35-36,38-44H2,1-3H3/b12-9-,26-25-,28-18-,37-34-. The third-order valence-corrected chi connectivity index (χ3v) is 9.60. The predicted molar refractivity (Wildman–Crippen MR) is 229 cm³/mol. The highest BCUT2D eigenvalue weighted by molar-refractivity contribution is 5.72. The fourth-order valence-electron chi connectivity index (χ4n) is 6.20. The van der Waals surface area contributed by atoms with Gasteiger partial charge in [0.25, 0.3) is 0 Å². The minimum Gasteiger partial charge on any atom is -0.462 e. The molecule has 1 unspecified atom stereocenters. The van der Waals surface area contributed by atoms with Crippen molar-refractivity contribution < 1.29 is 28.6 Å². The second-order valence-corrected chi connectivity index (χ2v) is 14.9. The van der Waals surface area contributed by atoms with Gasteiger partial charge < -0.3 is 14.2 Å². The average molecular weight is 757 g/mol. The number of unbranched alkanes of at least 4 members (excludes halogenated alkanes) is 22. The molecule has 54 heavy (non-hydrogen) atoms. The minimum atomic E-state index is -0.808. The highest BCUT2D eigenvalue weighted by Crippen LogP contribution is 2.14. The quantitative estimate of drug-likeness (QED) is 0.0268. The number of ether oxygens (including phenoxy) is 3. The smallest absolute Gasteiger partial charge is 0.309 e. The van der Waals surface area contributed by atoms with Crippen LogP contribution in [0.1, 0.15) is 220 Å². The SMILES string of the molecule is CC/C=C\C/C=C\C/C=C\CC(=O)OCC(COC(=O)CCCCC/C=C\CCCCCCCCC)OC(=O)CCCCCCCCCCCCCCC. The van der Waals surface area contributed by atoms with E-state index in [1.54, 1.807) is 6.08 Å². The maximum Gasteiger partial charge on any atom is 0.309 e. The summed E-state index contributed by atoms with van der Waals surface area (Å²) in [6.45, 7) is 6.40. The monoisotopic (exact) mass is 757 g/mol. The van der Waals surface area contributed by atoms with E-state index in [4.69, 9.17) is 14.2 Å². The van der Waals surface area contributed by atoms with E-state index in [1.807, 2.05) is 6.08 Å². The molecule has 0 aromatic rings. The Bertz CT molecular complexity index is 964. The van der Waals surface area contributed by atoms with Crippen LogP contribution in [0.25, 0.3) is 0 Å². The minimum absolute atomic E-state index is 0.106. The molecule has 0 fully saturated rings. The van der Waals surface area contributed by atoms with E-state index in [9.17, 15) is 14.4 Å². The third-order valence-electron chi connectivity index (χ3n) is 9.60. The van der Waals surface area contributed by atoms with Gasteiger partial charge in [0.2, 0.25) is 0 Å². The van der Waals surface area contributed by atoms with Crippen molar-refractivity contribution in [3.05, 3.63) is 48.6 Å². The fourth-order valence-corrected chi connectivity index (χ4v) is 6.20. The molecule has 0 aliphatic heterocycles. The van der Waals surface area contributed by atoms with Crippen LogP contribution >= 0.6 is 0 Å². The molecule has 0 rings (SSSR count). The second-order valence-electron chi connectivity index (χ2n) is 14.9. The molecule has 1 atom stereocenters. The molecular weight excluding hydrogens is 673 g/mol. The first-order chi connectivity index (χ1) is 26.5. The fraction of sp³-hybridized carbons (Fsp3) is 0.771. The molecule has 0 spiro atoms. The number of carbonyl (C=O) groups excluding carboxylic acids is 3. The Kier molecular flexibility index (Phi) is 41.0. The van der Waals surface area contributed by atoms with Crippen LogP contribution < -0.4 is 0 Å². The topological polar surface area (TPSA) is 78.9 Å². The van der Waals surface area contributed by atoms with Crippen molar-refractivity contribution in [2.75, 3.05) is 13.2 Å². The Balaban J connectivity index is 4.43. The first kappa shape index (κ1) is 51.4. The Morgan fingerprint density at radius 2 is 0.796 bits per heavy atom. The zero-order chi connectivity index (χ0) is 39.4. The van der Waals surface area contributed by atoms with Crippen LogP contribution in [0.15, 0.2) is 48.6 Å². The van der Waals surface area contributed by atoms with Gasteiger partial charge in [0.15, 0.2) is 6.10 Å². The van der Waals surface area contributed by atoms with Gasteiger partial charge in [-0.25, -0.2) is 0 Å². The first-order valence-corrected chi connectivity index (χ1v) is 22.6. The number of carbonyl (C=O) groups is 3. The zero-order valence-electron chi connectivity index (χ0n) is 35.5. The van der Waals surface area contributed by atoms with E-state index in [0.717, 1.165) is 70.6 Å². The maximum atomic E-state index is 12.7. The molecule has 0 N–H and O–H groups in total. The van der Waals surface area contributed by atoms with E-state index in [1.165, 1.54) is 109 Å². The lowest BCUT2D eigenvalue weighted by atomic mass is 10.0. The maximum absolute atomic E-state index is 12.7. The molecule has 0 amide bonds. The van der Waals surface area contributed by atoms with E-state index >= 15 is 0 Å². The van der Waals surface area contributed by atoms with Crippen molar-refractivity contribution in [2.24, 2.45) is 0 Å². The molecule has 6 nitrogen and oxygen atoms in total. The predicted octanol–water partition coefficient (Wildman–Crippen LogP) is 14.4. The van der Waals surface area contributed by atoms with Crippen LogP contribution in [-0.4, -0.2) is 37.2 Å². The second kappa shape index (κ2) is 43.1. The van der Waals surface area contributed by atoms with Crippen LogP contribution in [0.4, 0.5) is 0 Å². The summed E-state index contributed by atoms with van der Waals surface area (Å²) in [4.78, 5) is 37.6. The lowest BCUT2D eigenvalue weighted by Gasteiger charge is -2.18. The largest absolute Gasteiger partial charge is 0.462 e. The van der Waals surface area contributed by atoms with Gasteiger partial charge in [-0.15, -0.1) is 0 Å². The Morgan fingerprint density at radius 3 is 1.30 bits per heavy atom. The van der Waals surface area contributed by atoms with Crippen molar-refractivity contribution in [1.82, 2.24) is 0 Å². The summed E-state index contributed by atoms with van der Waals surface area (Å²) in [6, 6.07) is 0. The Hall–Kier alpha value is -2.63. The highest BCUT2D eigenvalue weighted by atomic mass is 16.6. The number of allylic oxidation sites excluding steroid dienone is 7. The van der Waals surface area contributed by atoms with Crippen LogP contribution in [0.5, 0.6) is 0 Å². The number of hydrogen-bond donors (Lipinski definition) is 0. The van der Waals surface area contributed by atoms with Gasteiger partial charge in [0.1, 0.15) is 13.2 Å². The summed E-state index contributed by atoms with van der Waals surface area (Å²) >= 11 is 0. The van der Waals surface area contributed by atoms with Crippen LogP contribution in [0, 0.1) is 0 Å². The molecule has 0 heterocycles. The number of hydrogen-bond acceptors (Lipinski definition) is 6. The van der Waals surface area contributed by atoms with Crippen LogP contribution in [0.2, 0.25) is 0 Å². The van der Waals surface area contributed by atoms with Gasteiger partial charge in [0, 0.05) is 12.8 Å². The summed E-state index contributed by atoms with van der Waals surface area (Å²) in [5.41, 5.74) is 0. The van der Waals surface area contributed by atoms with Crippen LogP contribution in [0.3, 0.4) is 0 Å². The Morgan fingerprint density at radius 1 is 0.407 bits per heavy atom. The molecule has 6 heteroatoms. The molecule has 0 saturated carbocycles. The summed E-state index contributed by atoms with van der Waals surface area (Å²) in [6.07, 6.45) is 49.8. The van der Waals surface area contributed by atoms with Crippen molar-refractivity contribution >= 4 is 17.9 Å². The average Bonchev–Trinajstić information content (AvgIpc) is 3.17. The van der Waals surface area contributed by atoms with Crippen LogP contribution in [-0.2, 0) is 28.6 Å². The number of rotatable bonds is 40. The summed E-state index contributed by atoms with van der Waals surface area (Å²) in [7, 11) is 0. The summed E-state index contributed by atoms with van der Waals surface area (Å²) in [5.74, 6) is -1.05. The molecule has 0 saturated heterocycles. The van der Waals surface area contributed by atoms with E-state index in [0.29, 0.717) is 12.8 Å². The molecule has 312 valence electrons. The van der Waals surface area contributed by atoms with Crippen molar-refractivity contribution in [3.63, 3.8) is 0 Å². The molecule has 0 aliphatic carbocycles. The molecule has 0 aromatic heterocycles. The van der Waals surface area contributed by atoms with E-state index in [2.05, 4.69) is 57.2 Å². The Labute approximate surface area is 333 Å². The van der Waals surface area contributed by atoms with Gasteiger partial charge in [-0.05, 0) is 57.8 Å². The first-order valence-electron chi connectivity index (χ1n) is 22.6. The van der Waals surface area contributed by atoms with Crippen molar-refractivity contribution in [3.8, 4) is 0 Å². The summed E-state index contributed by atoms with van der Waals surface area (Å²) in [5, 5.41) is 0. The lowest BCUT2D eigenvalue weighted by Crippen LogP contribution is -2.30. The molecular formula is C48H84O6. The zero-order valence-corrected chi connectivity index (χ0v) is 35.5. The van der Waals surface area contributed by atoms with E-state index < -0.39 is 12.1 Å². The molecule has 0 bridgehead atoms. The molecule has 0 aliphatic rings. The van der Waals surface area contributed by atoms with Crippen molar-refractivity contribution in [2.45, 2.75) is 226 Å². The van der Waals surface area contributed by atoms with Gasteiger partial charge in [-0.3, -0.25) is 14.4 Å². The molecule has 0 radical (unpaired) electrons. The van der Waals surface area contributed by atoms with Crippen molar-refractivity contribution in [1.29, 1.82) is 0 Å². The number of esters is 3. The van der Waals surface area contributed by atoms with Gasteiger partial charge >= 0.3 is 17.9 Å². The molecule has 0 aromatic carbocycles. The highest BCUT2D eigenvalue weighted by Gasteiger charge is 2.19. The third kappa shape index (κ3) is 40.6. The van der Waals surface area contributed by atoms with Gasteiger partial charge in [-0.2, -0.15) is 0 Å². The lowest BCUT2D eigenvalue weighted by molar-refractivity contribution is -0.166. The van der Waals surface area contributed by atoms with Gasteiger partial charge in [0.05, 0.1) is 6.42 Å². The normalized spacial score (nSPS) is 12.4. The van der Waals surface area contributed by atoms with E-state index in [-0.39, 0.29) is 31.6 Å². The van der Waals surface area contributed by atoms with Gasteiger partial charge in [-0.1, -0.05) is 191 Å².